The van der Waals surface area contributed by atoms with E-state index in [9.17, 15) is 4.79 Å². The van der Waals surface area contributed by atoms with E-state index >= 15 is 0 Å². The summed E-state index contributed by atoms with van der Waals surface area (Å²) in [6.45, 7) is 8.10. The number of aryl methyl sites for hydroxylation is 1. The van der Waals surface area contributed by atoms with Crippen molar-refractivity contribution in [1.82, 2.24) is 9.61 Å². The quantitative estimate of drug-likeness (QED) is 0.750. The third-order valence-corrected chi connectivity index (χ3v) is 2.23. The molecule has 0 amide bonds. The van der Waals surface area contributed by atoms with Gasteiger partial charge in [0.05, 0.1) is 18.3 Å². The fourth-order valence-electron chi connectivity index (χ4n) is 1.51. The van der Waals surface area contributed by atoms with Crippen LogP contribution in [0.15, 0.2) is 24.4 Å². The highest BCUT2D eigenvalue weighted by Crippen LogP contribution is 2.13. The Kier molecular flexibility index (Phi) is 4.69. The summed E-state index contributed by atoms with van der Waals surface area (Å²) in [5, 5.41) is 4.14. The van der Waals surface area contributed by atoms with Gasteiger partial charge in [0.1, 0.15) is 5.56 Å². The van der Waals surface area contributed by atoms with Crippen LogP contribution in [0, 0.1) is 6.92 Å². The van der Waals surface area contributed by atoms with Gasteiger partial charge in [-0.05, 0) is 26.0 Å². The van der Waals surface area contributed by atoms with E-state index in [4.69, 9.17) is 4.74 Å². The van der Waals surface area contributed by atoms with Crippen LogP contribution in [0.3, 0.4) is 0 Å². The van der Waals surface area contributed by atoms with Gasteiger partial charge in [0.2, 0.25) is 0 Å². The Morgan fingerprint density at radius 1 is 1.41 bits per heavy atom. The molecule has 0 unspecified atom stereocenters. The lowest BCUT2D eigenvalue weighted by Gasteiger charge is -2.00. The minimum atomic E-state index is -0.321. The molecule has 2 rings (SSSR count). The van der Waals surface area contributed by atoms with E-state index < -0.39 is 0 Å². The Morgan fingerprint density at radius 2 is 2.12 bits per heavy atom. The largest absolute Gasteiger partial charge is 0.462 e. The smallest absolute Gasteiger partial charge is 0.341 e. The lowest BCUT2D eigenvalue weighted by molar-refractivity contribution is 0.0528. The number of pyridine rings is 1. The Morgan fingerprint density at radius 3 is 2.76 bits per heavy atom. The van der Waals surface area contributed by atoms with E-state index in [0.717, 1.165) is 11.2 Å². The number of hydrogen-bond donors (Lipinski definition) is 0. The number of hydrogen-bond acceptors (Lipinski definition) is 3. The van der Waals surface area contributed by atoms with Crippen molar-refractivity contribution >= 4 is 11.5 Å². The summed E-state index contributed by atoms with van der Waals surface area (Å²) < 4.78 is 6.67. The summed E-state index contributed by atoms with van der Waals surface area (Å²) in [6, 6.07) is 5.69. The average Bonchev–Trinajstić information content (AvgIpc) is 2.77. The summed E-state index contributed by atoms with van der Waals surface area (Å²) in [7, 11) is 0. The highest BCUT2D eigenvalue weighted by atomic mass is 16.5. The van der Waals surface area contributed by atoms with Gasteiger partial charge in [0.15, 0.2) is 0 Å². The molecule has 2 heterocycles. The van der Waals surface area contributed by atoms with Crippen molar-refractivity contribution in [3.63, 3.8) is 0 Å². The Labute approximate surface area is 101 Å². The number of carbonyl (C=O) groups excluding carboxylic acids is 1. The number of rotatable bonds is 2. The number of fused-ring (bicyclic) bond motifs is 1. The fourth-order valence-corrected chi connectivity index (χ4v) is 1.51. The lowest BCUT2D eigenvalue weighted by atomic mass is 10.2. The molecule has 0 aliphatic rings. The average molecular weight is 234 g/mol. The molecule has 17 heavy (non-hydrogen) atoms. The predicted octanol–water partition coefficient (Wildman–Crippen LogP) is 2.85. The molecule has 0 bridgehead atoms. The molecule has 2 aromatic heterocycles. The molecule has 92 valence electrons. The zero-order chi connectivity index (χ0) is 12.8. The van der Waals surface area contributed by atoms with Crippen LogP contribution in [0.2, 0.25) is 0 Å². The van der Waals surface area contributed by atoms with Crippen molar-refractivity contribution in [3.8, 4) is 0 Å². The number of nitrogens with zero attached hydrogens (tertiary/aromatic N) is 2. The molecule has 0 saturated heterocycles. The van der Waals surface area contributed by atoms with Gasteiger partial charge in [0, 0.05) is 5.69 Å². The molecule has 0 atom stereocenters. The van der Waals surface area contributed by atoms with E-state index in [1.807, 2.05) is 39.0 Å². The molecule has 4 heteroatoms. The Balaban J connectivity index is 0.000000686. The predicted molar refractivity (Wildman–Crippen MR) is 67.2 cm³/mol. The first-order chi connectivity index (χ1) is 8.24. The van der Waals surface area contributed by atoms with Crippen LogP contribution in [0.4, 0.5) is 0 Å². The maximum absolute atomic E-state index is 11.6. The molecule has 0 spiro atoms. The van der Waals surface area contributed by atoms with Crippen LogP contribution in [0.5, 0.6) is 0 Å². The minimum absolute atomic E-state index is 0.321. The molecule has 0 radical (unpaired) electrons. The second-order valence-electron chi connectivity index (χ2n) is 3.24. The zero-order valence-electron chi connectivity index (χ0n) is 10.7. The van der Waals surface area contributed by atoms with E-state index in [2.05, 4.69) is 5.10 Å². The van der Waals surface area contributed by atoms with Crippen molar-refractivity contribution in [2.45, 2.75) is 27.7 Å². The molecule has 0 fully saturated rings. The van der Waals surface area contributed by atoms with Crippen molar-refractivity contribution in [2.24, 2.45) is 0 Å². The molecule has 4 nitrogen and oxygen atoms in total. The number of ether oxygens (including phenoxy) is 1. The number of carbonyl (C=O) groups is 1. The highest BCUT2D eigenvalue weighted by Gasteiger charge is 2.13. The van der Waals surface area contributed by atoms with Gasteiger partial charge < -0.3 is 4.74 Å². The number of esters is 1. The van der Waals surface area contributed by atoms with Crippen molar-refractivity contribution in [3.05, 3.63) is 35.7 Å². The van der Waals surface area contributed by atoms with Gasteiger partial charge >= 0.3 is 5.97 Å². The molecule has 2 aromatic rings. The third kappa shape index (κ3) is 2.64. The molecular formula is C13H18N2O2. The van der Waals surface area contributed by atoms with Gasteiger partial charge in [-0.2, -0.15) is 5.10 Å². The van der Waals surface area contributed by atoms with Crippen LogP contribution >= 0.6 is 0 Å². The van der Waals surface area contributed by atoms with Crippen molar-refractivity contribution < 1.29 is 9.53 Å². The third-order valence-electron chi connectivity index (χ3n) is 2.23. The second kappa shape index (κ2) is 6.03. The lowest BCUT2D eigenvalue weighted by Crippen LogP contribution is -2.04. The first-order valence-corrected chi connectivity index (χ1v) is 5.84. The fraction of sp³-hybridized carbons (Fsp3) is 0.385. The molecular weight excluding hydrogens is 216 g/mol. The molecule has 0 aliphatic carbocycles. The molecule has 0 aromatic carbocycles. The van der Waals surface area contributed by atoms with Gasteiger partial charge in [0.25, 0.3) is 0 Å². The molecule has 0 aliphatic heterocycles. The van der Waals surface area contributed by atoms with Gasteiger partial charge in [-0.3, -0.25) is 0 Å². The van der Waals surface area contributed by atoms with Crippen LogP contribution < -0.4 is 0 Å². The van der Waals surface area contributed by atoms with E-state index in [0.29, 0.717) is 12.2 Å². The van der Waals surface area contributed by atoms with Crippen LogP contribution in [0.25, 0.3) is 5.52 Å². The second-order valence-corrected chi connectivity index (χ2v) is 3.24. The SMILES string of the molecule is CC.CCOC(=O)c1cnn2c(C)cccc12. The van der Waals surface area contributed by atoms with Crippen molar-refractivity contribution in [1.29, 1.82) is 0 Å². The summed E-state index contributed by atoms with van der Waals surface area (Å²) in [5.41, 5.74) is 2.29. The van der Waals surface area contributed by atoms with E-state index in [-0.39, 0.29) is 5.97 Å². The van der Waals surface area contributed by atoms with Gasteiger partial charge in [-0.25, -0.2) is 9.31 Å². The molecule has 0 N–H and O–H groups in total. The van der Waals surface area contributed by atoms with Gasteiger partial charge in [-0.15, -0.1) is 0 Å². The number of aromatic nitrogens is 2. The Hall–Kier alpha value is -1.84. The zero-order valence-corrected chi connectivity index (χ0v) is 10.7. The van der Waals surface area contributed by atoms with Crippen LogP contribution in [-0.2, 0) is 4.74 Å². The minimum Gasteiger partial charge on any atom is -0.462 e. The first-order valence-electron chi connectivity index (χ1n) is 5.84. The van der Waals surface area contributed by atoms with E-state index in [1.165, 1.54) is 0 Å². The summed E-state index contributed by atoms with van der Waals surface area (Å²) in [4.78, 5) is 11.6. The molecule has 0 saturated carbocycles. The maximum Gasteiger partial charge on any atom is 0.341 e. The monoisotopic (exact) mass is 234 g/mol. The topological polar surface area (TPSA) is 43.6 Å². The summed E-state index contributed by atoms with van der Waals surface area (Å²) in [6.07, 6.45) is 1.54. The Bertz CT molecular complexity index is 503. The van der Waals surface area contributed by atoms with Crippen LogP contribution in [-0.4, -0.2) is 22.2 Å². The highest BCUT2D eigenvalue weighted by molar-refractivity contribution is 5.96. The van der Waals surface area contributed by atoms with E-state index in [1.54, 1.807) is 17.6 Å². The summed E-state index contributed by atoms with van der Waals surface area (Å²) >= 11 is 0. The van der Waals surface area contributed by atoms with Crippen molar-refractivity contribution in [2.75, 3.05) is 6.61 Å². The summed E-state index contributed by atoms with van der Waals surface area (Å²) in [5.74, 6) is -0.321. The standard InChI is InChI=1S/C11H12N2O2.C2H6/c1-3-15-11(14)9-7-12-13-8(2)5-4-6-10(9)13;1-2/h4-7H,3H2,1-2H3;1-2H3. The van der Waals surface area contributed by atoms with Gasteiger partial charge in [-0.1, -0.05) is 19.9 Å². The maximum atomic E-state index is 11.6. The normalized spacial score (nSPS) is 9.65. The first kappa shape index (κ1) is 13.2. The van der Waals surface area contributed by atoms with Crippen LogP contribution in [0.1, 0.15) is 36.8 Å².